The van der Waals surface area contributed by atoms with E-state index in [1.807, 2.05) is 60.2 Å². The normalized spacial score (nSPS) is 17.4. The third-order valence-corrected chi connectivity index (χ3v) is 2.51. The second-order valence-electron chi connectivity index (χ2n) is 3.54. The lowest BCUT2D eigenvalue weighted by Crippen LogP contribution is -2.39. The van der Waals surface area contributed by atoms with Crippen LogP contribution in [0.4, 0.5) is 5.69 Å². The van der Waals surface area contributed by atoms with Crippen LogP contribution in [0.5, 0.6) is 0 Å². The molecule has 0 unspecified atom stereocenters. The van der Waals surface area contributed by atoms with Crippen LogP contribution < -0.4 is 5.01 Å². The average Bonchev–Trinajstić information content (AvgIpc) is 2.39. The molecule has 2 aliphatic heterocycles. The Kier molecular flexibility index (Phi) is 2.07. The van der Waals surface area contributed by atoms with Gasteiger partial charge >= 0.3 is 0 Å². The molecule has 0 amide bonds. The van der Waals surface area contributed by atoms with Gasteiger partial charge in [0.2, 0.25) is 0 Å². The zero-order valence-electron chi connectivity index (χ0n) is 8.69. The van der Waals surface area contributed by atoms with Crippen LogP contribution in [0.15, 0.2) is 71.6 Å². The highest BCUT2D eigenvalue weighted by Gasteiger charge is 2.17. The van der Waals surface area contributed by atoms with Crippen LogP contribution in [0.3, 0.4) is 0 Å². The Morgan fingerprint density at radius 3 is 2.69 bits per heavy atom. The van der Waals surface area contributed by atoms with E-state index in [0.29, 0.717) is 0 Å². The molecule has 1 aromatic carbocycles. The highest BCUT2D eigenvalue weighted by Crippen LogP contribution is 2.23. The van der Waals surface area contributed by atoms with Crippen LogP contribution in [0, 0.1) is 0 Å². The van der Waals surface area contributed by atoms with Crippen molar-refractivity contribution in [3.63, 3.8) is 0 Å². The molecule has 0 saturated heterocycles. The number of hydrogen-bond donors (Lipinski definition) is 0. The number of nitrogens with zero attached hydrogens (tertiary/aromatic N) is 3. The standard InChI is InChI=1S/C13H11N3/c1-2-6-12(7-3-1)16-11-14-10-13-8-4-5-9-15(13)16/h1-11H. The number of para-hydroxylation sites is 1. The number of benzene rings is 1. The first-order valence-corrected chi connectivity index (χ1v) is 5.17. The summed E-state index contributed by atoms with van der Waals surface area (Å²) in [7, 11) is 0. The number of fused-ring (bicyclic) bond motifs is 1. The molecule has 3 rings (SSSR count). The summed E-state index contributed by atoms with van der Waals surface area (Å²) in [6.45, 7) is 0. The number of aliphatic imine (C=N–C) groups is 1. The van der Waals surface area contributed by atoms with Gasteiger partial charge in [-0.25, -0.2) is 10.0 Å². The Bertz CT molecular complexity index is 497. The summed E-state index contributed by atoms with van der Waals surface area (Å²) in [5.41, 5.74) is 2.16. The smallest absolute Gasteiger partial charge is 0.116 e. The number of hydrogen-bond acceptors (Lipinski definition) is 3. The summed E-state index contributed by atoms with van der Waals surface area (Å²) < 4.78 is 0. The second-order valence-corrected chi connectivity index (χ2v) is 3.54. The van der Waals surface area contributed by atoms with Gasteiger partial charge in [-0.05, 0) is 24.3 Å². The molecule has 0 N–H and O–H groups in total. The SMILES string of the molecule is C1=CC2=CN=CN(c3ccccc3)N2C=C1. The minimum Gasteiger partial charge on any atom is -0.254 e. The number of hydrazine groups is 1. The van der Waals surface area contributed by atoms with Gasteiger partial charge in [0.1, 0.15) is 6.34 Å². The Morgan fingerprint density at radius 1 is 0.938 bits per heavy atom. The zero-order valence-corrected chi connectivity index (χ0v) is 8.69. The minimum atomic E-state index is 1.06. The predicted octanol–water partition coefficient (Wildman–Crippen LogP) is 2.68. The maximum Gasteiger partial charge on any atom is 0.116 e. The topological polar surface area (TPSA) is 18.8 Å². The molecule has 0 aromatic heterocycles. The molecule has 2 aliphatic rings. The van der Waals surface area contributed by atoms with E-state index < -0.39 is 0 Å². The number of anilines is 1. The molecule has 78 valence electrons. The van der Waals surface area contributed by atoms with E-state index in [2.05, 4.69) is 22.1 Å². The molecule has 3 heteroatoms. The third kappa shape index (κ3) is 1.42. The van der Waals surface area contributed by atoms with Gasteiger partial charge in [0.15, 0.2) is 0 Å². The average molecular weight is 209 g/mol. The Hall–Kier alpha value is -2.29. The minimum absolute atomic E-state index is 1.06. The van der Waals surface area contributed by atoms with Crippen molar-refractivity contribution in [1.29, 1.82) is 0 Å². The maximum atomic E-state index is 4.23. The van der Waals surface area contributed by atoms with Crippen LogP contribution in [0.2, 0.25) is 0 Å². The summed E-state index contributed by atoms with van der Waals surface area (Å²) >= 11 is 0. The second kappa shape index (κ2) is 3.70. The van der Waals surface area contributed by atoms with Gasteiger partial charge in [0.25, 0.3) is 0 Å². The van der Waals surface area contributed by atoms with E-state index in [9.17, 15) is 0 Å². The molecule has 16 heavy (non-hydrogen) atoms. The summed E-state index contributed by atoms with van der Waals surface area (Å²) in [5, 5.41) is 4.07. The van der Waals surface area contributed by atoms with E-state index in [-0.39, 0.29) is 0 Å². The van der Waals surface area contributed by atoms with Gasteiger partial charge in [-0.2, -0.15) is 0 Å². The van der Waals surface area contributed by atoms with Crippen molar-refractivity contribution in [3.05, 3.63) is 66.7 Å². The van der Waals surface area contributed by atoms with Crippen molar-refractivity contribution in [1.82, 2.24) is 5.01 Å². The Balaban J connectivity index is 1.99. The van der Waals surface area contributed by atoms with Crippen molar-refractivity contribution in [2.75, 3.05) is 5.01 Å². The summed E-state index contributed by atoms with van der Waals surface area (Å²) in [5.74, 6) is 0. The van der Waals surface area contributed by atoms with Crippen molar-refractivity contribution in [3.8, 4) is 0 Å². The lowest BCUT2D eigenvalue weighted by Gasteiger charge is -2.35. The fraction of sp³-hybridized carbons (Fsp3) is 0. The van der Waals surface area contributed by atoms with Gasteiger partial charge in [-0.15, -0.1) is 0 Å². The summed E-state index contributed by atoms with van der Waals surface area (Å²) in [6.07, 6.45) is 11.7. The molecular weight excluding hydrogens is 198 g/mol. The Labute approximate surface area is 94.3 Å². The highest BCUT2D eigenvalue weighted by molar-refractivity contribution is 5.80. The van der Waals surface area contributed by atoms with E-state index >= 15 is 0 Å². The van der Waals surface area contributed by atoms with Crippen molar-refractivity contribution < 1.29 is 0 Å². The molecule has 0 fully saturated rings. The first kappa shape index (κ1) is 8.97. The molecule has 0 saturated carbocycles. The van der Waals surface area contributed by atoms with Gasteiger partial charge in [0.05, 0.1) is 17.6 Å². The molecule has 1 aromatic rings. The van der Waals surface area contributed by atoms with Gasteiger partial charge in [-0.3, -0.25) is 5.01 Å². The molecule has 2 heterocycles. The largest absolute Gasteiger partial charge is 0.254 e. The number of rotatable bonds is 1. The van der Waals surface area contributed by atoms with Crippen LogP contribution in [0.1, 0.15) is 0 Å². The summed E-state index contributed by atoms with van der Waals surface area (Å²) in [4.78, 5) is 4.23. The zero-order chi connectivity index (χ0) is 10.8. The van der Waals surface area contributed by atoms with E-state index in [4.69, 9.17) is 0 Å². The monoisotopic (exact) mass is 209 g/mol. The molecule has 0 atom stereocenters. The van der Waals surface area contributed by atoms with Crippen LogP contribution in [-0.4, -0.2) is 11.3 Å². The van der Waals surface area contributed by atoms with Crippen molar-refractivity contribution in [2.45, 2.75) is 0 Å². The fourth-order valence-corrected chi connectivity index (χ4v) is 1.75. The van der Waals surface area contributed by atoms with E-state index in [0.717, 1.165) is 11.4 Å². The first-order chi connectivity index (χ1) is 7.95. The molecular formula is C13H11N3. The molecule has 3 nitrogen and oxygen atoms in total. The van der Waals surface area contributed by atoms with Crippen LogP contribution >= 0.6 is 0 Å². The van der Waals surface area contributed by atoms with Crippen LogP contribution in [-0.2, 0) is 0 Å². The van der Waals surface area contributed by atoms with E-state index in [1.54, 1.807) is 0 Å². The Morgan fingerprint density at radius 2 is 1.81 bits per heavy atom. The number of allylic oxidation sites excluding steroid dienone is 3. The van der Waals surface area contributed by atoms with E-state index in [1.165, 1.54) is 0 Å². The molecule has 0 radical (unpaired) electrons. The predicted molar refractivity (Wildman–Crippen MR) is 65.6 cm³/mol. The molecule has 0 bridgehead atoms. The van der Waals surface area contributed by atoms with Crippen LogP contribution in [0.25, 0.3) is 0 Å². The highest BCUT2D eigenvalue weighted by atomic mass is 15.6. The third-order valence-electron chi connectivity index (χ3n) is 2.51. The first-order valence-electron chi connectivity index (χ1n) is 5.17. The molecule has 0 aliphatic carbocycles. The van der Waals surface area contributed by atoms with Gasteiger partial charge in [-0.1, -0.05) is 24.3 Å². The fourth-order valence-electron chi connectivity index (χ4n) is 1.75. The quantitative estimate of drug-likeness (QED) is 0.708. The summed E-state index contributed by atoms with van der Waals surface area (Å²) in [6, 6.07) is 10.2. The van der Waals surface area contributed by atoms with Crippen molar-refractivity contribution in [2.24, 2.45) is 4.99 Å². The maximum absolute atomic E-state index is 4.23. The lowest BCUT2D eigenvalue weighted by molar-refractivity contribution is 0.495. The lowest BCUT2D eigenvalue weighted by atomic mass is 10.3. The van der Waals surface area contributed by atoms with Crippen molar-refractivity contribution >= 4 is 12.0 Å². The van der Waals surface area contributed by atoms with Gasteiger partial charge < -0.3 is 0 Å². The van der Waals surface area contributed by atoms with Gasteiger partial charge in [0, 0.05) is 6.20 Å². The molecule has 0 spiro atoms.